The number of carbonyl (C=O) groups excluding carboxylic acids is 2. The van der Waals surface area contributed by atoms with Crippen LogP contribution in [0.25, 0.3) is 0 Å². The van der Waals surface area contributed by atoms with Gasteiger partial charge in [0.1, 0.15) is 11.7 Å². The van der Waals surface area contributed by atoms with Crippen molar-refractivity contribution >= 4 is 12.1 Å². The molecule has 1 amide bonds. The number of nitrogens with one attached hydrogen (secondary N) is 1. The minimum atomic E-state index is -1.05. The molecule has 1 fully saturated rings. The van der Waals surface area contributed by atoms with E-state index in [4.69, 9.17) is 23.7 Å². The molecule has 4 atom stereocenters. The molecule has 0 spiro atoms. The van der Waals surface area contributed by atoms with Gasteiger partial charge in [-0.05, 0) is 31.9 Å². The van der Waals surface area contributed by atoms with E-state index in [2.05, 4.69) is 5.32 Å². The van der Waals surface area contributed by atoms with Gasteiger partial charge in [-0.2, -0.15) is 0 Å². The van der Waals surface area contributed by atoms with Crippen LogP contribution in [0, 0.1) is 0 Å². The summed E-state index contributed by atoms with van der Waals surface area (Å²) in [6.45, 7) is 6.23. The standard InChI is InChI=1S/C27H35NO7/c1-27(2,3)35-26(30)28-24(25(29)31-4)22-15-21(32-16-19-11-7-5-8-12-19)23(18-34-22)33-17-20-13-9-6-10-14-20/h5-14,21-24H,15-18H2,1-4H3,(H,28,30)/t21-,22-,23+,24-/m1/s1. The molecule has 35 heavy (non-hydrogen) atoms. The van der Waals surface area contributed by atoms with E-state index in [0.29, 0.717) is 19.6 Å². The van der Waals surface area contributed by atoms with Crippen LogP contribution in [0.1, 0.15) is 38.3 Å². The van der Waals surface area contributed by atoms with E-state index in [1.807, 2.05) is 60.7 Å². The Morgan fingerprint density at radius 1 is 0.943 bits per heavy atom. The van der Waals surface area contributed by atoms with E-state index in [1.54, 1.807) is 20.8 Å². The summed E-state index contributed by atoms with van der Waals surface area (Å²) in [5, 5.41) is 2.60. The monoisotopic (exact) mass is 485 g/mol. The molecule has 0 unspecified atom stereocenters. The lowest BCUT2D eigenvalue weighted by molar-refractivity contribution is -0.182. The zero-order chi connectivity index (χ0) is 25.3. The van der Waals surface area contributed by atoms with Gasteiger partial charge >= 0.3 is 12.1 Å². The molecule has 8 heteroatoms. The Kier molecular flexibility index (Phi) is 9.65. The Morgan fingerprint density at radius 3 is 2.00 bits per heavy atom. The first-order chi connectivity index (χ1) is 16.7. The first-order valence-corrected chi connectivity index (χ1v) is 11.7. The third-order valence-corrected chi connectivity index (χ3v) is 5.47. The maximum Gasteiger partial charge on any atom is 0.408 e. The van der Waals surface area contributed by atoms with Gasteiger partial charge in [0.25, 0.3) is 0 Å². The summed E-state index contributed by atoms with van der Waals surface area (Å²) in [5.41, 5.74) is 1.35. The normalized spacial score (nSPS) is 21.1. The van der Waals surface area contributed by atoms with Gasteiger partial charge in [-0.3, -0.25) is 0 Å². The number of methoxy groups -OCH3 is 1. The lowest BCUT2D eigenvalue weighted by atomic mass is 9.97. The van der Waals surface area contributed by atoms with Crippen molar-refractivity contribution in [3.63, 3.8) is 0 Å². The fourth-order valence-electron chi connectivity index (χ4n) is 3.76. The molecule has 0 bridgehead atoms. The smallest absolute Gasteiger partial charge is 0.408 e. The molecule has 1 aliphatic rings. The molecule has 0 aromatic heterocycles. The van der Waals surface area contributed by atoms with Gasteiger partial charge in [-0.15, -0.1) is 0 Å². The molecule has 1 heterocycles. The van der Waals surface area contributed by atoms with Crippen LogP contribution in [0.5, 0.6) is 0 Å². The van der Waals surface area contributed by atoms with Gasteiger partial charge < -0.3 is 29.0 Å². The summed E-state index contributed by atoms with van der Waals surface area (Å²) in [4.78, 5) is 24.9. The highest BCUT2D eigenvalue weighted by Crippen LogP contribution is 2.25. The predicted octanol–water partition coefficient (Wildman–Crippen LogP) is 4.01. The van der Waals surface area contributed by atoms with Crippen molar-refractivity contribution in [1.82, 2.24) is 5.32 Å². The topological polar surface area (TPSA) is 92.3 Å². The molecular formula is C27H35NO7. The summed E-state index contributed by atoms with van der Waals surface area (Å²) in [7, 11) is 1.27. The maximum atomic E-state index is 12.5. The van der Waals surface area contributed by atoms with Gasteiger partial charge in [0, 0.05) is 6.42 Å². The molecule has 0 aliphatic carbocycles. The molecule has 1 saturated heterocycles. The highest BCUT2D eigenvalue weighted by molar-refractivity contribution is 5.82. The van der Waals surface area contributed by atoms with E-state index in [1.165, 1.54) is 7.11 Å². The summed E-state index contributed by atoms with van der Waals surface area (Å²) in [5.74, 6) is -0.619. The minimum Gasteiger partial charge on any atom is -0.467 e. The van der Waals surface area contributed by atoms with Crippen LogP contribution in [0.2, 0.25) is 0 Å². The van der Waals surface area contributed by atoms with Crippen molar-refractivity contribution in [3.8, 4) is 0 Å². The fourth-order valence-corrected chi connectivity index (χ4v) is 3.76. The van der Waals surface area contributed by atoms with Gasteiger partial charge in [-0.1, -0.05) is 60.7 Å². The zero-order valence-corrected chi connectivity index (χ0v) is 20.8. The van der Waals surface area contributed by atoms with Gasteiger partial charge in [0.2, 0.25) is 0 Å². The van der Waals surface area contributed by atoms with Crippen LogP contribution in [-0.4, -0.2) is 55.7 Å². The number of esters is 1. The van der Waals surface area contributed by atoms with Gasteiger partial charge in [-0.25, -0.2) is 9.59 Å². The highest BCUT2D eigenvalue weighted by atomic mass is 16.6. The second kappa shape index (κ2) is 12.7. The summed E-state index contributed by atoms with van der Waals surface area (Å²) in [6, 6.07) is 18.6. The molecule has 190 valence electrons. The minimum absolute atomic E-state index is 0.195. The second-order valence-electron chi connectivity index (χ2n) is 9.42. The molecule has 2 aromatic carbocycles. The highest BCUT2D eigenvalue weighted by Gasteiger charge is 2.41. The quantitative estimate of drug-likeness (QED) is 0.537. The summed E-state index contributed by atoms with van der Waals surface area (Å²) in [6.07, 6.45) is -1.80. The third-order valence-electron chi connectivity index (χ3n) is 5.47. The van der Waals surface area contributed by atoms with Crippen molar-refractivity contribution in [2.75, 3.05) is 13.7 Å². The zero-order valence-electron chi connectivity index (χ0n) is 20.8. The number of alkyl carbamates (subject to hydrolysis) is 1. The Morgan fingerprint density at radius 2 is 1.49 bits per heavy atom. The van der Waals surface area contributed by atoms with Crippen LogP contribution in [0.4, 0.5) is 4.79 Å². The van der Waals surface area contributed by atoms with Gasteiger partial charge in [0.15, 0.2) is 6.04 Å². The Hall–Kier alpha value is -2.94. The average Bonchev–Trinajstić information content (AvgIpc) is 2.85. The summed E-state index contributed by atoms with van der Waals surface area (Å²) >= 11 is 0. The Balaban J connectivity index is 1.71. The fraction of sp³-hybridized carbons (Fsp3) is 0.481. The second-order valence-corrected chi connectivity index (χ2v) is 9.42. The SMILES string of the molecule is COC(=O)[C@H](NC(=O)OC(C)(C)C)[C@H]1C[C@@H](OCc2ccccc2)[C@@H](OCc2ccccc2)CO1. The van der Waals surface area contributed by atoms with E-state index in [9.17, 15) is 9.59 Å². The number of benzene rings is 2. The molecule has 0 saturated carbocycles. The van der Waals surface area contributed by atoms with E-state index in [0.717, 1.165) is 11.1 Å². The molecule has 3 rings (SSSR count). The molecule has 8 nitrogen and oxygen atoms in total. The van der Waals surface area contributed by atoms with Crippen molar-refractivity contribution in [1.29, 1.82) is 0 Å². The molecule has 2 aromatic rings. The van der Waals surface area contributed by atoms with Crippen molar-refractivity contribution < 1.29 is 33.3 Å². The number of carbonyl (C=O) groups is 2. The number of rotatable bonds is 9. The number of amides is 1. The first-order valence-electron chi connectivity index (χ1n) is 11.7. The Bertz CT molecular complexity index is 930. The van der Waals surface area contributed by atoms with Crippen molar-refractivity contribution in [2.45, 2.75) is 70.4 Å². The number of ether oxygens (including phenoxy) is 5. The van der Waals surface area contributed by atoms with Gasteiger partial charge in [0.05, 0.1) is 39.1 Å². The van der Waals surface area contributed by atoms with Crippen LogP contribution in [0.3, 0.4) is 0 Å². The van der Waals surface area contributed by atoms with Crippen molar-refractivity contribution in [3.05, 3.63) is 71.8 Å². The summed E-state index contributed by atoms with van der Waals surface area (Å²) < 4.78 is 28.7. The molecule has 1 aliphatic heterocycles. The van der Waals surface area contributed by atoms with Crippen LogP contribution in [0.15, 0.2) is 60.7 Å². The molecule has 1 N–H and O–H groups in total. The average molecular weight is 486 g/mol. The first kappa shape index (κ1) is 26.7. The number of hydrogen-bond acceptors (Lipinski definition) is 7. The van der Waals surface area contributed by atoms with Crippen molar-refractivity contribution in [2.24, 2.45) is 0 Å². The lowest BCUT2D eigenvalue weighted by Gasteiger charge is -2.38. The molecule has 0 radical (unpaired) electrons. The molecular weight excluding hydrogens is 450 g/mol. The van der Waals surface area contributed by atoms with Crippen LogP contribution >= 0.6 is 0 Å². The van der Waals surface area contributed by atoms with E-state index < -0.39 is 29.8 Å². The third kappa shape index (κ3) is 8.65. The van der Waals surface area contributed by atoms with E-state index in [-0.39, 0.29) is 18.8 Å². The van der Waals surface area contributed by atoms with E-state index >= 15 is 0 Å². The van der Waals surface area contributed by atoms with Crippen LogP contribution < -0.4 is 5.32 Å². The maximum absolute atomic E-state index is 12.5. The largest absolute Gasteiger partial charge is 0.467 e. The Labute approximate surface area is 206 Å². The lowest BCUT2D eigenvalue weighted by Crippen LogP contribution is -2.56. The predicted molar refractivity (Wildman–Crippen MR) is 130 cm³/mol. The van der Waals surface area contributed by atoms with Crippen LogP contribution in [-0.2, 0) is 41.7 Å². The number of hydrogen-bond donors (Lipinski definition) is 1.